The van der Waals surface area contributed by atoms with Crippen LogP contribution in [0.2, 0.25) is 0 Å². The number of fused-ring (bicyclic) bond motifs is 3. The van der Waals surface area contributed by atoms with Gasteiger partial charge in [0.2, 0.25) is 5.91 Å². The number of ether oxygens (including phenoxy) is 3. The molecule has 0 radical (unpaired) electrons. The molecule has 190 valence electrons. The van der Waals surface area contributed by atoms with Gasteiger partial charge in [-0.15, -0.1) is 0 Å². The van der Waals surface area contributed by atoms with Gasteiger partial charge in [-0.05, 0) is 44.5 Å². The Bertz CT molecular complexity index is 1200. The lowest BCUT2D eigenvalue weighted by molar-refractivity contribution is -0.128. The van der Waals surface area contributed by atoms with Crippen molar-refractivity contribution >= 4 is 16.8 Å². The Morgan fingerprint density at radius 1 is 1.19 bits per heavy atom. The van der Waals surface area contributed by atoms with Gasteiger partial charge in [-0.25, -0.2) is 9.97 Å². The lowest BCUT2D eigenvalue weighted by Crippen LogP contribution is -2.52. The van der Waals surface area contributed by atoms with Crippen molar-refractivity contribution in [3.05, 3.63) is 42.6 Å². The average molecular weight is 492 g/mol. The van der Waals surface area contributed by atoms with Crippen LogP contribution in [0.15, 0.2) is 36.8 Å². The van der Waals surface area contributed by atoms with Gasteiger partial charge >= 0.3 is 0 Å². The Morgan fingerprint density at radius 3 is 2.89 bits per heavy atom. The van der Waals surface area contributed by atoms with Crippen LogP contribution < -0.4 is 14.8 Å². The highest BCUT2D eigenvalue weighted by molar-refractivity contribution is 5.93. The molecule has 5 rings (SSSR count). The summed E-state index contributed by atoms with van der Waals surface area (Å²) in [4.78, 5) is 28.5. The molecule has 0 spiro atoms. The van der Waals surface area contributed by atoms with Crippen LogP contribution in [0.1, 0.15) is 38.4 Å². The molecule has 3 aromatic rings. The molecule has 2 aromatic heterocycles. The van der Waals surface area contributed by atoms with E-state index in [4.69, 9.17) is 14.2 Å². The molecular formula is C27H33N5O4. The first-order valence-corrected chi connectivity index (χ1v) is 12.7. The van der Waals surface area contributed by atoms with Gasteiger partial charge in [-0.3, -0.25) is 14.7 Å². The van der Waals surface area contributed by atoms with Crippen LogP contribution in [-0.2, 0) is 16.1 Å². The number of hydrogen-bond acceptors (Lipinski definition) is 8. The van der Waals surface area contributed by atoms with Crippen LogP contribution in [0.3, 0.4) is 0 Å². The third kappa shape index (κ3) is 5.42. The van der Waals surface area contributed by atoms with E-state index >= 15 is 0 Å². The second kappa shape index (κ2) is 11.2. The summed E-state index contributed by atoms with van der Waals surface area (Å²) in [5.41, 5.74) is 2.57. The molecule has 0 unspecified atom stereocenters. The summed E-state index contributed by atoms with van der Waals surface area (Å²) < 4.78 is 18.2. The zero-order valence-electron chi connectivity index (χ0n) is 20.9. The van der Waals surface area contributed by atoms with Crippen molar-refractivity contribution in [2.75, 3.05) is 33.4 Å². The lowest BCUT2D eigenvalue weighted by atomic mass is 9.99. The van der Waals surface area contributed by atoms with E-state index < -0.39 is 0 Å². The number of piperidine rings is 1. The minimum Gasteiger partial charge on any atom is -0.492 e. The molecule has 2 atom stereocenters. The van der Waals surface area contributed by atoms with Crippen molar-refractivity contribution in [3.8, 4) is 22.6 Å². The summed E-state index contributed by atoms with van der Waals surface area (Å²) in [5.74, 6) is 2.08. The highest BCUT2D eigenvalue weighted by Crippen LogP contribution is 2.38. The molecule has 4 bridgehead atoms. The molecule has 1 aromatic carbocycles. The van der Waals surface area contributed by atoms with E-state index in [2.05, 4.69) is 32.1 Å². The fourth-order valence-corrected chi connectivity index (χ4v) is 4.71. The zero-order valence-corrected chi connectivity index (χ0v) is 20.9. The monoisotopic (exact) mass is 491 g/mol. The second-order valence-corrected chi connectivity index (χ2v) is 9.37. The molecule has 0 saturated carbocycles. The van der Waals surface area contributed by atoms with Crippen LogP contribution in [0.5, 0.6) is 11.5 Å². The molecule has 1 N–H and O–H groups in total. The molecule has 1 fully saturated rings. The quantitative estimate of drug-likeness (QED) is 0.543. The molecule has 4 heterocycles. The highest BCUT2D eigenvalue weighted by Gasteiger charge is 2.32. The Labute approximate surface area is 211 Å². The highest BCUT2D eigenvalue weighted by atomic mass is 16.5. The number of rotatable bonds is 5. The van der Waals surface area contributed by atoms with Gasteiger partial charge in [0.15, 0.2) is 5.82 Å². The van der Waals surface area contributed by atoms with Crippen molar-refractivity contribution in [1.82, 2.24) is 25.2 Å². The van der Waals surface area contributed by atoms with Crippen molar-refractivity contribution in [2.45, 2.75) is 51.4 Å². The predicted octanol–water partition coefficient (Wildman–Crippen LogP) is 3.36. The summed E-state index contributed by atoms with van der Waals surface area (Å²) in [6, 6.07) is 5.77. The summed E-state index contributed by atoms with van der Waals surface area (Å²) in [6.45, 7) is 4.95. The number of aromatic nitrogens is 3. The molecule has 36 heavy (non-hydrogen) atoms. The van der Waals surface area contributed by atoms with E-state index in [9.17, 15) is 4.79 Å². The molecule has 2 aliphatic heterocycles. The first kappa shape index (κ1) is 24.4. The maximum atomic E-state index is 12.8. The topological polar surface area (TPSA) is 98.7 Å². The fraction of sp³-hybridized carbons (Fsp3) is 0.481. The molecule has 1 amide bonds. The van der Waals surface area contributed by atoms with Gasteiger partial charge < -0.3 is 19.5 Å². The standard InChI is InChI=1S/C27H33N5O4/c1-3-10-34-17-25-30-14-18(15-31-25)21-5-6-23-22-12-20(16-29-23)36-19-7-9-32(2)24(13-19)27(33)28-8-4-11-35-26(21)22/h5-6,12,14-16,19,24H,3-4,7-11,13,17H2,1-2H3,(H,28,33)/t19-,24-/m0/s1. The van der Waals surface area contributed by atoms with E-state index in [1.807, 2.05) is 25.2 Å². The lowest BCUT2D eigenvalue weighted by Gasteiger charge is -2.36. The van der Waals surface area contributed by atoms with Gasteiger partial charge in [0.1, 0.15) is 24.2 Å². The summed E-state index contributed by atoms with van der Waals surface area (Å²) >= 11 is 0. The van der Waals surface area contributed by atoms with Gasteiger partial charge in [0.05, 0.1) is 24.4 Å². The molecule has 9 nitrogen and oxygen atoms in total. The van der Waals surface area contributed by atoms with Crippen LogP contribution >= 0.6 is 0 Å². The van der Waals surface area contributed by atoms with Gasteiger partial charge in [0, 0.05) is 55.0 Å². The normalized spacial score (nSPS) is 20.9. The summed E-state index contributed by atoms with van der Waals surface area (Å²) in [5, 5.41) is 3.95. The number of nitrogens with zero attached hydrogens (tertiary/aromatic N) is 4. The van der Waals surface area contributed by atoms with Gasteiger partial charge in [-0.1, -0.05) is 6.92 Å². The molecular weight excluding hydrogens is 458 g/mol. The number of likely N-dealkylation sites (N-methyl/N-ethyl adjacent to an activating group) is 1. The van der Waals surface area contributed by atoms with Crippen LogP contribution in [0.4, 0.5) is 0 Å². The third-order valence-corrected chi connectivity index (χ3v) is 6.68. The number of benzene rings is 1. The zero-order chi connectivity index (χ0) is 24.9. The third-order valence-electron chi connectivity index (χ3n) is 6.68. The number of likely N-dealkylation sites (tertiary alicyclic amines) is 1. The maximum absolute atomic E-state index is 12.8. The molecule has 2 aliphatic rings. The van der Waals surface area contributed by atoms with Crippen LogP contribution in [0, 0.1) is 0 Å². The summed E-state index contributed by atoms with van der Waals surface area (Å²) in [7, 11) is 1.99. The number of amides is 1. The fourth-order valence-electron chi connectivity index (χ4n) is 4.71. The minimum absolute atomic E-state index is 0.0395. The maximum Gasteiger partial charge on any atom is 0.237 e. The Balaban J connectivity index is 1.48. The van der Waals surface area contributed by atoms with Crippen molar-refractivity contribution in [3.63, 3.8) is 0 Å². The number of pyridine rings is 1. The van der Waals surface area contributed by atoms with Crippen molar-refractivity contribution in [2.24, 2.45) is 0 Å². The predicted molar refractivity (Wildman–Crippen MR) is 136 cm³/mol. The SMILES string of the molecule is CCCOCc1ncc(-c2ccc3ncc4cc3c2OCCCNC(=O)[C@@H]2C[C@H](CCN2C)O4)cn1. The van der Waals surface area contributed by atoms with E-state index in [1.165, 1.54) is 0 Å². The number of hydrogen-bond donors (Lipinski definition) is 1. The number of nitrogens with one attached hydrogen (secondary N) is 1. The Morgan fingerprint density at radius 2 is 2.06 bits per heavy atom. The first-order chi connectivity index (χ1) is 17.6. The second-order valence-electron chi connectivity index (χ2n) is 9.37. The molecule has 1 saturated heterocycles. The van der Waals surface area contributed by atoms with E-state index in [0.29, 0.717) is 56.5 Å². The van der Waals surface area contributed by atoms with Gasteiger partial charge in [-0.2, -0.15) is 0 Å². The largest absolute Gasteiger partial charge is 0.492 e. The molecule has 0 aliphatic carbocycles. The van der Waals surface area contributed by atoms with Crippen LogP contribution in [0.25, 0.3) is 22.0 Å². The number of carbonyl (C=O) groups excluding carboxylic acids is 1. The van der Waals surface area contributed by atoms with E-state index in [1.54, 1.807) is 18.6 Å². The smallest absolute Gasteiger partial charge is 0.237 e. The van der Waals surface area contributed by atoms with Crippen molar-refractivity contribution in [1.29, 1.82) is 0 Å². The Kier molecular flexibility index (Phi) is 7.58. The Hall–Kier alpha value is -3.30. The van der Waals surface area contributed by atoms with Crippen LogP contribution in [-0.4, -0.2) is 71.3 Å². The van der Waals surface area contributed by atoms with E-state index in [0.717, 1.165) is 41.4 Å². The number of carbonyl (C=O) groups is 1. The first-order valence-electron chi connectivity index (χ1n) is 12.7. The van der Waals surface area contributed by atoms with Crippen molar-refractivity contribution < 1.29 is 19.0 Å². The van der Waals surface area contributed by atoms with Gasteiger partial charge in [0.25, 0.3) is 0 Å². The summed E-state index contributed by atoms with van der Waals surface area (Å²) in [6.07, 6.45) is 8.45. The minimum atomic E-state index is -0.196. The van der Waals surface area contributed by atoms with E-state index in [-0.39, 0.29) is 18.1 Å². The molecule has 9 heteroatoms. The average Bonchev–Trinajstić information content (AvgIpc) is 2.89.